The zero-order valence-corrected chi connectivity index (χ0v) is 20.0. The summed E-state index contributed by atoms with van der Waals surface area (Å²) >= 11 is 5.66. The molecule has 0 radical (unpaired) electrons. The molecule has 9 heteroatoms. The van der Waals surface area contributed by atoms with E-state index in [1.54, 1.807) is 0 Å². The van der Waals surface area contributed by atoms with Gasteiger partial charge in [-0.25, -0.2) is 9.67 Å². The average molecular weight is 455 g/mol. The number of aromatic nitrogens is 5. The first-order valence-corrected chi connectivity index (χ1v) is 12.1. The molecule has 8 nitrogen and oxygen atoms in total. The second kappa shape index (κ2) is 10.9. The minimum Gasteiger partial charge on any atom is -0.363 e. The molecule has 1 fully saturated rings. The maximum absolute atomic E-state index is 5.66. The first-order valence-electron chi connectivity index (χ1n) is 11.7. The predicted molar refractivity (Wildman–Crippen MR) is 132 cm³/mol. The molecule has 0 aliphatic carbocycles. The van der Waals surface area contributed by atoms with Gasteiger partial charge in [-0.2, -0.15) is 0 Å². The van der Waals surface area contributed by atoms with Crippen LogP contribution in [0.25, 0.3) is 11.0 Å². The van der Waals surface area contributed by atoms with Gasteiger partial charge in [-0.05, 0) is 63.2 Å². The van der Waals surface area contributed by atoms with Gasteiger partial charge < -0.3 is 19.7 Å². The normalized spacial score (nSPS) is 15.0. The maximum atomic E-state index is 5.66. The lowest BCUT2D eigenvalue weighted by Gasteiger charge is -2.34. The summed E-state index contributed by atoms with van der Waals surface area (Å²) in [6.07, 6.45) is 7.16. The highest BCUT2D eigenvalue weighted by molar-refractivity contribution is 7.80. The smallest absolute Gasteiger partial charge is 0.168 e. The van der Waals surface area contributed by atoms with Crippen molar-refractivity contribution < 1.29 is 0 Å². The van der Waals surface area contributed by atoms with E-state index in [0.29, 0.717) is 12.6 Å². The molecule has 172 valence electrons. The van der Waals surface area contributed by atoms with E-state index in [1.165, 1.54) is 0 Å². The van der Waals surface area contributed by atoms with Crippen molar-refractivity contribution in [3.63, 3.8) is 0 Å². The lowest BCUT2D eigenvalue weighted by atomic mass is 9.96. The molecule has 32 heavy (non-hydrogen) atoms. The largest absolute Gasteiger partial charge is 0.363 e. The van der Waals surface area contributed by atoms with Crippen LogP contribution in [0.2, 0.25) is 0 Å². The highest BCUT2D eigenvalue weighted by atomic mass is 32.1. The minimum absolute atomic E-state index is 0.432. The zero-order chi connectivity index (χ0) is 22.3. The molecular formula is C23H34N8S. The number of thiocarbonyl (C=S) groups is 1. The summed E-state index contributed by atoms with van der Waals surface area (Å²) in [5.74, 6) is 1.56. The van der Waals surface area contributed by atoms with E-state index in [4.69, 9.17) is 17.2 Å². The molecule has 2 aromatic heterocycles. The van der Waals surface area contributed by atoms with Crippen molar-refractivity contribution in [1.82, 2.24) is 39.7 Å². The Kier molecular flexibility index (Phi) is 7.70. The van der Waals surface area contributed by atoms with Gasteiger partial charge >= 0.3 is 0 Å². The van der Waals surface area contributed by atoms with Crippen LogP contribution in [0, 0.1) is 0 Å². The molecule has 0 spiro atoms. The van der Waals surface area contributed by atoms with E-state index in [-0.39, 0.29) is 0 Å². The summed E-state index contributed by atoms with van der Waals surface area (Å²) < 4.78 is 4.14. The third-order valence-corrected chi connectivity index (χ3v) is 6.83. The molecule has 3 aromatic rings. The van der Waals surface area contributed by atoms with Crippen LogP contribution in [0.5, 0.6) is 0 Å². The summed E-state index contributed by atoms with van der Waals surface area (Å²) in [6.45, 7) is 11.3. The molecule has 0 saturated carbocycles. The summed E-state index contributed by atoms with van der Waals surface area (Å²) in [5, 5.41) is 12.9. The predicted octanol–water partition coefficient (Wildman–Crippen LogP) is 2.92. The standard InChI is InChI=1S/C23H34N8S/c1-3-28(4-2)14-7-12-25-23(32)29-15-10-19(11-16-29)22-24-13-17-30(22)18-31-21-9-6-5-8-20(21)26-27-31/h5-6,8-9,13,17,19H,3-4,7,10-12,14-16,18H2,1-2H3,(H,25,32). The molecule has 1 aliphatic rings. The van der Waals surface area contributed by atoms with Crippen LogP contribution < -0.4 is 5.32 Å². The van der Waals surface area contributed by atoms with Crippen LogP contribution in [-0.4, -0.2) is 78.7 Å². The van der Waals surface area contributed by atoms with Crippen molar-refractivity contribution in [2.75, 3.05) is 39.3 Å². The SMILES string of the molecule is CCN(CC)CCCNC(=S)N1CCC(c2nccn2Cn2nnc3ccccc32)CC1. The van der Waals surface area contributed by atoms with Crippen molar-refractivity contribution in [2.45, 2.75) is 45.7 Å². The highest BCUT2D eigenvalue weighted by Gasteiger charge is 2.25. The minimum atomic E-state index is 0.432. The van der Waals surface area contributed by atoms with Crippen LogP contribution >= 0.6 is 12.2 Å². The summed E-state index contributed by atoms with van der Waals surface area (Å²) in [5.41, 5.74) is 1.96. The van der Waals surface area contributed by atoms with E-state index in [1.807, 2.05) is 35.3 Å². The third-order valence-electron chi connectivity index (χ3n) is 6.42. The number of likely N-dealkylation sites (tertiary alicyclic amines) is 1. The van der Waals surface area contributed by atoms with Gasteiger partial charge in [0.2, 0.25) is 0 Å². The van der Waals surface area contributed by atoms with E-state index in [0.717, 1.165) is 80.5 Å². The quantitative estimate of drug-likeness (QED) is 0.394. The van der Waals surface area contributed by atoms with Gasteiger partial charge in [-0.3, -0.25) is 0 Å². The lowest BCUT2D eigenvalue weighted by molar-refractivity contribution is 0.290. The topological polar surface area (TPSA) is 67.0 Å². The van der Waals surface area contributed by atoms with Crippen molar-refractivity contribution in [2.24, 2.45) is 0 Å². The summed E-state index contributed by atoms with van der Waals surface area (Å²) in [7, 11) is 0. The molecule has 1 N–H and O–H groups in total. The van der Waals surface area contributed by atoms with Gasteiger partial charge in [0.1, 0.15) is 18.0 Å². The fourth-order valence-corrected chi connectivity index (χ4v) is 4.74. The van der Waals surface area contributed by atoms with Crippen molar-refractivity contribution in [3.8, 4) is 0 Å². The number of hydrogen-bond donors (Lipinski definition) is 1. The van der Waals surface area contributed by atoms with Gasteiger partial charge in [-0.1, -0.05) is 31.2 Å². The van der Waals surface area contributed by atoms with Gasteiger partial charge in [-0.15, -0.1) is 5.10 Å². The molecule has 0 bridgehead atoms. The number of rotatable bonds is 9. The Hall–Kier alpha value is -2.52. The second-order valence-electron chi connectivity index (χ2n) is 8.35. The van der Waals surface area contributed by atoms with Crippen LogP contribution in [0.4, 0.5) is 0 Å². The van der Waals surface area contributed by atoms with E-state index in [9.17, 15) is 0 Å². The molecule has 3 heterocycles. The fourth-order valence-electron chi connectivity index (χ4n) is 4.46. The number of para-hydroxylation sites is 1. The molecule has 0 amide bonds. The first kappa shape index (κ1) is 22.7. The Morgan fingerprint density at radius 3 is 2.75 bits per heavy atom. The lowest BCUT2D eigenvalue weighted by Crippen LogP contribution is -2.44. The Morgan fingerprint density at radius 1 is 1.19 bits per heavy atom. The molecular weight excluding hydrogens is 420 g/mol. The molecule has 0 unspecified atom stereocenters. The number of hydrogen-bond acceptors (Lipinski definition) is 5. The number of fused-ring (bicyclic) bond motifs is 1. The van der Waals surface area contributed by atoms with Crippen molar-refractivity contribution in [3.05, 3.63) is 42.5 Å². The van der Waals surface area contributed by atoms with Crippen molar-refractivity contribution in [1.29, 1.82) is 0 Å². The Morgan fingerprint density at radius 2 is 1.97 bits per heavy atom. The van der Waals surface area contributed by atoms with E-state index in [2.05, 4.69) is 49.9 Å². The van der Waals surface area contributed by atoms with Crippen molar-refractivity contribution >= 4 is 28.4 Å². The molecule has 1 saturated heterocycles. The van der Waals surface area contributed by atoms with Crippen LogP contribution in [-0.2, 0) is 6.67 Å². The zero-order valence-electron chi connectivity index (χ0n) is 19.2. The van der Waals surface area contributed by atoms with Gasteiger partial charge in [0.15, 0.2) is 5.11 Å². The Balaban J connectivity index is 1.28. The van der Waals surface area contributed by atoms with E-state index >= 15 is 0 Å². The Labute approximate surface area is 195 Å². The summed E-state index contributed by atoms with van der Waals surface area (Å²) in [6, 6.07) is 8.06. The summed E-state index contributed by atoms with van der Waals surface area (Å²) in [4.78, 5) is 9.45. The Bertz CT molecular complexity index is 1000. The average Bonchev–Trinajstić information content (AvgIpc) is 3.47. The molecule has 0 atom stereocenters. The molecule has 1 aliphatic heterocycles. The maximum Gasteiger partial charge on any atom is 0.168 e. The highest BCUT2D eigenvalue weighted by Crippen LogP contribution is 2.27. The van der Waals surface area contributed by atoms with Gasteiger partial charge in [0.25, 0.3) is 0 Å². The van der Waals surface area contributed by atoms with Crippen LogP contribution in [0.3, 0.4) is 0 Å². The first-order chi connectivity index (χ1) is 15.7. The monoisotopic (exact) mass is 454 g/mol. The fraction of sp³-hybridized carbons (Fsp3) is 0.565. The number of benzene rings is 1. The number of nitrogens with one attached hydrogen (secondary N) is 1. The van der Waals surface area contributed by atoms with E-state index < -0.39 is 0 Å². The number of imidazole rings is 1. The van der Waals surface area contributed by atoms with Crippen LogP contribution in [0.1, 0.15) is 44.9 Å². The molecule has 1 aromatic carbocycles. The molecule has 4 rings (SSSR count). The second-order valence-corrected chi connectivity index (χ2v) is 8.73. The number of nitrogens with zero attached hydrogens (tertiary/aromatic N) is 7. The third kappa shape index (κ3) is 5.27. The van der Waals surface area contributed by atoms with Gasteiger partial charge in [0.05, 0.1) is 5.52 Å². The van der Waals surface area contributed by atoms with Crippen LogP contribution in [0.15, 0.2) is 36.7 Å². The number of piperidine rings is 1. The van der Waals surface area contributed by atoms with Gasteiger partial charge in [0, 0.05) is 37.9 Å².